The van der Waals surface area contributed by atoms with Crippen molar-refractivity contribution in [2.24, 2.45) is 0 Å². The minimum absolute atomic E-state index is 0.0236. The second kappa shape index (κ2) is 8.57. The summed E-state index contributed by atoms with van der Waals surface area (Å²) in [6.45, 7) is 7.75. The van der Waals surface area contributed by atoms with E-state index in [2.05, 4.69) is 16.7 Å². The fourth-order valence-electron chi connectivity index (χ4n) is 2.89. The van der Waals surface area contributed by atoms with Crippen LogP contribution in [0.25, 0.3) is 0 Å². The highest BCUT2D eigenvalue weighted by molar-refractivity contribution is 5.81. The average molecular weight is 333 g/mol. The van der Waals surface area contributed by atoms with Gasteiger partial charge in [-0.1, -0.05) is 17.7 Å². The van der Waals surface area contributed by atoms with Crippen LogP contribution in [-0.2, 0) is 9.53 Å². The molecule has 1 aliphatic rings. The van der Waals surface area contributed by atoms with Gasteiger partial charge >= 0.3 is 6.09 Å². The third-order valence-electron chi connectivity index (χ3n) is 4.21. The van der Waals surface area contributed by atoms with E-state index in [9.17, 15) is 9.59 Å². The second-order valence-corrected chi connectivity index (χ2v) is 6.20. The van der Waals surface area contributed by atoms with E-state index in [1.165, 1.54) is 5.56 Å². The monoisotopic (exact) mass is 333 g/mol. The van der Waals surface area contributed by atoms with Crippen LogP contribution in [0.15, 0.2) is 18.2 Å². The summed E-state index contributed by atoms with van der Waals surface area (Å²) in [7, 11) is 0. The maximum Gasteiger partial charge on any atom is 0.409 e. The summed E-state index contributed by atoms with van der Waals surface area (Å²) in [5.41, 5.74) is 3.31. The number of nitrogens with one attached hydrogen (secondary N) is 2. The normalized spacial score (nSPS) is 15.0. The van der Waals surface area contributed by atoms with Crippen molar-refractivity contribution >= 4 is 17.7 Å². The van der Waals surface area contributed by atoms with Gasteiger partial charge in [-0.3, -0.25) is 4.79 Å². The molecule has 132 valence electrons. The number of amides is 2. The van der Waals surface area contributed by atoms with Gasteiger partial charge in [-0.2, -0.15) is 0 Å². The quantitative estimate of drug-likeness (QED) is 0.868. The van der Waals surface area contributed by atoms with Crippen LogP contribution in [0.2, 0.25) is 0 Å². The number of likely N-dealkylation sites (tertiary alicyclic amines) is 1. The Balaban J connectivity index is 1.73. The largest absolute Gasteiger partial charge is 0.450 e. The molecular formula is C18H27N3O3. The molecule has 0 spiro atoms. The highest BCUT2D eigenvalue weighted by Gasteiger charge is 2.24. The van der Waals surface area contributed by atoms with Crippen LogP contribution in [0.5, 0.6) is 0 Å². The van der Waals surface area contributed by atoms with Gasteiger partial charge in [0.15, 0.2) is 0 Å². The van der Waals surface area contributed by atoms with Gasteiger partial charge in [-0.15, -0.1) is 0 Å². The minimum Gasteiger partial charge on any atom is -0.450 e. The molecule has 0 aromatic heterocycles. The highest BCUT2D eigenvalue weighted by atomic mass is 16.6. The van der Waals surface area contributed by atoms with E-state index < -0.39 is 0 Å². The molecule has 1 aliphatic heterocycles. The zero-order valence-corrected chi connectivity index (χ0v) is 14.7. The lowest BCUT2D eigenvalue weighted by molar-refractivity contribution is -0.120. The Labute approximate surface area is 143 Å². The Bertz CT molecular complexity index is 581. The van der Waals surface area contributed by atoms with E-state index in [1.807, 2.05) is 26.0 Å². The van der Waals surface area contributed by atoms with Gasteiger partial charge in [-0.25, -0.2) is 4.79 Å². The van der Waals surface area contributed by atoms with E-state index in [4.69, 9.17) is 4.74 Å². The van der Waals surface area contributed by atoms with Crippen molar-refractivity contribution in [1.29, 1.82) is 0 Å². The molecule has 0 unspecified atom stereocenters. The number of ether oxygens (including phenoxy) is 1. The molecule has 1 saturated heterocycles. The topological polar surface area (TPSA) is 70.7 Å². The molecule has 6 heteroatoms. The number of nitrogens with zero attached hydrogens (tertiary/aromatic N) is 1. The number of aryl methyl sites for hydroxylation is 2. The molecule has 1 aromatic carbocycles. The maximum absolute atomic E-state index is 12.1. The fraction of sp³-hybridized carbons (Fsp3) is 0.556. The summed E-state index contributed by atoms with van der Waals surface area (Å²) < 4.78 is 4.99. The van der Waals surface area contributed by atoms with Crippen molar-refractivity contribution < 1.29 is 14.3 Å². The van der Waals surface area contributed by atoms with Gasteiger partial charge in [-0.05, 0) is 45.2 Å². The van der Waals surface area contributed by atoms with Crippen LogP contribution in [-0.4, -0.2) is 49.2 Å². The standard InChI is InChI=1S/C18H27N3O3/c1-4-24-18(23)21-9-7-15(8-10-21)20-17(22)12-19-16-6-5-13(2)11-14(16)3/h5-6,11,15,19H,4,7-10,12H2,1-3H3,(H,20,22). The van der Waals surface area contributed by atoms with E-state index in [0.29, 0.717) is 19.7 Å². The van der Waals surface area contributed by atoms with E-state index >= 15 is 0 Å². The van der Waals surface area contributed by atoms with E-state index in [1.54, 1.807) is 11.8 Å². The molecule has 0 radical (unpaired) electrons. The third-order valence-corrected chi connectivity index (χ3v) is 4.21. The van der Waals surface area contributed by atoms with E-state index in [-0.39, 0.29) is 24.6 Å². The van der Waals surface area contributed by atoms with Gasteiger partial charge in [0.2, 0.25) is 5.91 Å². The number of piperidine rings is 1. The van der Waals surface area contributed by atoms with Crippen molar-refractivity contribution in [1.82, 2.24) is 10.2 Å². The van der Waals surface area contributed by atoms with Crippen molar-refractivity contribution in [3.8, 4) is 0 Å². The lowest BCUT2D eigenvalue weighted by atomic mass is 10.1. The first-order valence-electron chi connectivity index (χ1n) is 8.51. The van der Waals surface area contributed by atoms with Crippen molar-refractivity contribution in [3.05, 3.63) is 29.3 Å². The predicted octanol–water partition coefficient (Wildman–Crippen LogP) is 2.45. The summed E-state index contributed by atoms with van der Waals surface area (Å²) >= 11 is 0. The molecule has 1 aromatic rings. The summed E-state index contributed by atoms with van der Waals surface area (Å²) in [5, 5.41) is 6.21. The van der Waals surface area contributed by atoms with E-state index in [0.717, 1.165) is 24.1 Å². The molecular weight excluding hydrogens is 306 g/mol. The number of anilines is 1. The maximum atomic E-state index is 12.1. The molecule has 24 heavy (non-hydrogen) atoms. The Kier molecular flexibility index (Phi) is 6.46. The average Bonchev–Trinajstić information content (AvgIpc) is 2.55. The molecule has 2 rings (SSSR count). The fourth-order valence-corrected chi connectivity index (χ4v) is 2.89. The van der Waals surface area contributed by atoms with Crippen LogP contribution in [0.4, 0.5) is 10.5 Å². The third kappa shape index (κ3) is 5.15. The van der Waals surface area contributed by atoms with Gasteiger partial charge in [0, 0.05) is 24.8 Å². The zero-order valence-electron chi connectivity index (χ0n) is 14.7. The summed E-state index contributed by atoms with van der Waals surface area (Å²) in [6, 6.07) is 6.23. The summed E-state index contributed by atoms with van der Waals surface area (Å²) in [5.74, 6) is -0.0236. The first-order chi connectivity index (χ1) is 11.5. The van der Waals surface area contributed by atoms with Crippen molar-refractivity contribution in [2.75, 3.05) is 31.6 Å². The second-order valence-electron chi connectivity index (χ2n) is 6.20. The highest BCUT2D eigenvalue weighted by Crippen LogP contribution is 2.16. The van der Waals surface area contributed by atoms with Gasteiger partial charge < -0.3 is 20.3 Å². The Morgan fingerprint density at radius 1 is 1.25 bits per heavy atom. The molecule has 1 fully saturated rings. The number of benzene rings is 1. The molecule has 0 atom stereocenters. The SMILES string of the molecule is CCOC(=O)N1CCC(NC(=O)CNc2ccc(C)cc2C)CC1. The summed E-state index contributed by atoms with van der Waals surface area (Å²) in [4.78, 5) is 25.4. The number of rotatable bonds is 5. The first kappa shape index (κ1) is 18.1. The van der Waals surface area contributed by atoms with Crippen molar-refractivity contribution in [2.45, 2.75) is 39.7 Å². The smallest absolute Gasteiger partial charge is 0.409 e. The molecule has 2 amide bonds. The molecule has 1 heterocycles. The molecule has 6 nitrogen and oxygen atoms in total. The molecule has 0 saturated carbocycles. The number of hydrogen-bond acceptors (Lipinski definition) is 4. The number of hydrogen-bond donors (Lipinski definition) is 2. The number of carbonyl (C=O) groups is 2. The lowest BCUT2D eigenvalue weighted by Gasteiger charge is -2.31. The van der Waals surface area contributed by atoms with Crippen LogP contribution in [0.1, 0.15) is 30.9 Å². The lowest BCUT2D eigenvalue weighted by Crippen LogP contribution is -2.47. The van der Waals surface area contributed by atoms with Crippen LogP contribution in [0.3, 0.4) is 0 Å². The predicted molar refractivity (Wildman–Crippen MR) is 94.2 cm³/mol. The van der Waals surface area contributed by atoms with Crippen LogP contribution in [0, 0.1) is 13.8 Å². The zero-order chi connectivity index (χ0) is 17.5. The Morgan fingerprint density at radius 2 is 1.96 bits per heavy atom. The minimum atomic E-state index is -0.265. The Morgan fingerprint density at radius 3 is 2.58 bits per heavy atom. The Hall–Kier alpha value is -2.24. The first-order valence-corrected chi connectivity index (χ1v) is 8.51. The summed E-state index contributed by atoms with van der Waals surface area (Å²) in [6.07, 6.45) is 1.25. The molecule has 2 N–H and O–H groups in total. The van der Waals surface area contributed by atoms with Gasteiger partial charge in [0.1, 0.15) is 0 Å². The molecule has 0 aliphatic carbocycles. The van der Waals surface area contributed by atoms with Gasteiger partial charge in [0.05, 0.1) is 13.2 Å². The molecule has 0 bridgehead atoms. The van der Waals surface area contributed by atoms with Crippen molar-refractivity contribution in [3.63, 3.8) is 0 Å². The van der Waals surface area contributed by atoms with Crippen LogP contribution >= 0.6 is 0 Å². The number of carbonyl (C=O) groups excluding carboxylic acids is 2. The van der Waals surface area contributed by atoms with Crippen LogP contribution < -0.4 is 10.6 Å². The van der Waals surface area contributed by atoms with Gasteiger partial charge in [0.25, 0.3) is 0 Å².